The van der Waals surface area contributed by atoms with E-state index >= 15 is 0 Å². The first-order valence-corrected chi connectivity index (χ1v) is 7.72. The lowest BCUT2D eigenvalue weighted by molar-refractivity contribution is 0.412. The molecule has 0 radical (unpaired) electrons. The number of nitrogens with two attached hydrogens (primary N) is 1. The molecule has 0 saturated heterocycles. The van der Waals surface area contributed by atoms with Gasteiger partial charge < -0.3 is 10.6 Å². The SMILES string of the molecule is CN(C)CCNS(=O)(=O)c1ccc(CC(N)=S)cc1. The molecule has 0 fully saturated rings. The largest absolute Gasteiger partial charge is 0.393 e. The van der Waals surface area contributed by atoms with Gasteiger partial charge in [0.15, 0.2) is 0 Å². The Hall–Kier alpha value is -1.02. The van der Waals surface area contributed by atoms with E-state index in [2.05, 4.69) is 4.72 Å². The maximum absolute atomic E-state index is 12.0. The minimum absolute atomic E-state index is 0.248. The summed E-state index contributed by atoms with van der Waals surface area (Å²) in [7, 11) is 0.333. The van der Waals surface area contributed by atoms with Crippen molar-refractivity contribution in [3.8, 4) is 0 Å². The third-order valence-corrected chi connectivity index (χ3v) is 4.08. The molecule has 1 aromatic rings. The summed E-state index contributed by atoms with van der Waals surface area (Å²) in [6.07, 6.45) is 0.476. The summed E-state index contributed by atoms with van der Waals surface area (Å²) in [6, 6.07) is 6.57. The number of hydrogen-bond acceptors (Lipinski definition) is 4. The number of benzene rings is 1. The third-order valence-electron chi connectivity index (χ3n) is 2.46. The average molecular weight is 301 g/mol. The van der Waals surface area contributed by atoms with E-state index in [1.165, 1.54) is 0 Å². The predicted molar refractivity (Wildman–Crippen MR) is 80.7 cm³/mol. The molecule has 0 atom stereocenters. The summed E-state index contributed by atoms with van der Waals surface area (Å²) in [5.41, 5.74) is 6.34. The van der Waals surface area contributed by atoms with Gasteiger partial charge in [0, 0.05) is 19.5 Å². The van der Waals surface area contributed by atoms with Crippen LogP contribution in [0.15, 0.2) is 29.2 Å². The Balaban J connectivity index is 2.70. The van der Waals surface area contributed by atoms with Gasteiger partial charge in [0.25, 0.3) is 0 Å². The minimum Gasteiger partial charge on any atom is -0.393 e. The van der Waals surface area contributed by atoms with Crippen LogP contribution in [-0.4, -0.2) is 45.5 Å². The van der Waals surface area contributed by atoms with Crippen LogP contribution >= 0.6 is 12.2 Å². The molecule has 1 rings (SSSR count). The third kappa shape index (κ3) is 5.65. The van der Waals surface area contributed by atoms with E-state index in [0.717, 1.165) is 5.56 Å². The zero-order valence-corrected chi connectivity index (χ0v) is 12.7. The standard InChI is InChI=1S/C12H19N3O2S2/c1-15(2)8-7-14-19(16,17)11-5-3-10(4-6-11)9-12(13)18/h3-6,14H,7-9H2,1-2H3,(H2,13,18). The number of rotatable bonds is 7. The Bertz CT molecular complexity index is 524. The number of nitrogens with one attached hydrogen (secondary N) is 1. The fourth-order valence-electron chi connectivity index (χ4n) is 1.47. The van der Waals surface area contributed by atoms with Crippen LogP contribution in [0, 0.1) is 0 Å². The maximum atomic E-state index is 12.0. The predicted octanol–water partition coefficient (Wildman–Crippen LogP) is 0.355. The van der Waals surface area contributed by atoms with Crippen LogP contribution in [0.1, 0.15) is 5.56 Å². The lowest BCUT2D eigenvalue weighted by Crippen LogP contribution is -2.31. The molecule has 0 aliphatic heterocycles. The van der Waals surface area contributed by atoms with Crippen LogP contribution in [0.4, 0.5) is 0 Å². The van der Waals surface area contributed by atoms with Crippen molar-refractivity contribution >= 4 is 27.2 Å². The average Bonchev–Trinajstić information content (AvgIpc) is 2.28. The first-order valence-electron chi connectivity index (χ1n) is 5.83. The molecule has 3 N–H and O–H groups in total. The second-order valence-electron chi connectivity index (χ2n) is 4.49. The van der Waals surface area contributed by atoms with Gasteiger partial charge >= 0.3 is 0 Å². The highest BCUT2D eigenvalue weighted by Gasteiger charge is 2.13. The summed E-state index contributed by atoms with van der Waals surface area (Å²) in [6.45, 7) is 1.03. The van der Waals surface area contributed by atoms with Crippen LogP contribution in [0.5, 0.6) is 0 Å². The Morgan fingerprint density at radius 2 is 1.89 bits per heavy atom. The smallest absolute Gasteiger partial charge is 0.240 e. The normalized spacial score (nSPS) is 11.7. The molecular weight excluding hydrogens is 282 g/mol. The summed E-state index contributed by atoms with van der Waals surface area (Å²) < 4.78 is 26.5. The second-order valence-corrected chi connectivity index (χ2v) is 6.78. The molecule has 1 aromatic carbocycles. The van der Waals surface area contributed by atoms with Crippen molar-refractivity contribution < 1.29 is 8.42 Å². The lowest BCUT2D eigenvalue weighted by atomic mass is 10.1. The van der Waals surface area contributed by atoms with Gasteiger partial charge in [-0.15, -0.1) is 0 Å². The van der Waals surface area contributed by atoms with E-state index in [1.807, 2.05) is 19.0 Å². The molecule has 106 valence electrons. The summed E-state index contributed by atoms with van der Waals surface area (Å²) in [4.78, 5) is 2.55. The first-order chi connectivity index (χ1) is 8.81. The first kappa shape index (κ1) is 16.0. The molecule has 0 saturated carbocycles. The van der Waals surface area contributed by atoms with Crippen molar-refractivity contribution in [2.75, 3.05) is 27.2 Å². The molecular formula is C12H19N3O2S2. The van der Waals surface area contributed by atoms with Gasteiger partial charge in [-0.25, -0.2) is 13.1 Å². The van der Waals surface area contributed by atoms with Gasteiger partial charge in [-0.05, 0) is 31.8 Å². The molecule has 0 aliphatic rings. The van der Waals surface area contributed by atoms with Gasteiger partial charge in [0.05, 0.1) is 9.88 Å². The van der Waals surface area contributed by atoms with Gasteiger partial charge in [-0.1, -0.05) is 24.4 Å². The topological polar surface area (TPSA) is 75.4 Å². The van der Waals surface area contributed by atoms with Crippen LogP contribution < -0.4 is 10.5 Å². The van der Waals surface area contributed by atoms with Crippen molar-refractivity contribution in [2.24, 2.45) is 5.73 Å². The maximum Gasteiger partial charge on any atom is 0.240 e. The minimum atomic E-state index is -3.44. The number of nitrogens with zero attached hydrogens (tertiary/aromatic N) is 1. The summed E-state index contributed by atoms with van der Waals surface area (Å²) in [5, 5.41) is 0. The Labute approximate surface area is 119 Å². The van der Waals surface area contributed by atoms with Crippen LogP contribution in [-0.2, 0) is 16.4 Å². The molecule has 5 nitrogen and oxygen atoms in total. The molecule has 0 spiro atoms. The van der Waals surface area contributed by atoms with E-state index in [1.54, 1.807) is 24.3 Å². The fourth-order valence-corrected chi connectivity index (χ4v) is 2.66. The number of sulfonamides is 1. The molecule has 0 aromatic heterocycles. The van der Waals surface area contributed by atoms with Crippen LogP contribution in [0.2, 0.25) is 0 Å². The van der Waals surface area contributed by atoms with E-state index in [0.29, 0.717) is 24.5 Å². The van der Waals surface area contributed by atoms with E-state index in [9.17, 15) is 8.42 Å². The molecule has 0 bridgehead atoms. The van der Waals surface area contributed by atoms with Gasteiger partial charge in [-0.2, -0.15) is 0 Å². The van der Waals surface area contributed by atoms with E-state index < -0.39 is 10.0 Å². The molecule has 19 heavy (non-hydrogen) atoms. The number of thiocarbonyl (C=S) groups is 1. The number of hydrogen-bond donors (Lipinski definition) is 2. The van der Waals surface area contributed by atoms with Crippen LogP contribution in [0.25, 0.3) is 0 Å². The second kappa shape index (κ2) is 6.95. The zero-order valence-electron chi connectivity index (χ0n) is 11.1. The monoisotopic (exact) mass is 301 g/mol. The van der Waals surface area contributed by atoms with Gasteiger partial charge in [0.2, 0.25) is 10.0 Å². The zero-order chi connectivity index (χ0) is 14.5. The Morgan fingerprint density at radius 3 is 2.37 bits per heavy atom. The van der Waals surface area contributed by atoms with E-state index in [4.69, 9.17) is 18.0 Å². The highest BCUT2D eigenvalue weighted by molar-refractivity contribution is 7.89. The molecule has 0 aliphatic carbocycles. The molecule has 0 amide bonds. The summed E-state index contributed by atoms with van der Waals surface area (Å²) >= 11 is 4.81. The van der Waals surface area contributed by atoms with Gasteiger partial charge in [-0.3, -0.25) is 0 Å². The number of likely N-dealkylation sites (N-methyl/N-ethyl adjacent to an activating group) is 1. The Morgan fingerprint density at radius 1 is 1.32 bits per heavy atom. The van der Waals surface area contributed by atoms with Crippen LogP contribution in [0.3, 0.4) is 0 Å². The van der Waals surface area contributed by atoms with Crippen molar-refractivity contribution in [1.82, 2.24) is 9.62 Å². The molecule has 0 unspecified atom stereocenters. The fraction of sp³-hybridized carbons (Fsp3) is 0.417. The summed E-state index contributed by atoms with van der Waals surface area (Å²) in [5.74, 6) is 0. The van der Waals surface area contributed by atoms with Gasteiger partial charge in [0.1, 0.15) is 0 Å². The highest BCUT2D eigenvalue weighted by atomic mass is 32.2. The van der Waals surface area contributed by atoms with Crippen molar-refractivity contribution in [3.05, 3.63) is 29.8 Å². The Kier molecular flexibility index (Phi) is 5.86. The molecule has 7 heteroatoms. The molecule has 0 heterocycles. The van der Waals surface area contributed by atoms with E-state index in [-0.39, 0.29) is 4.90 Å². The van der Waals surface area contributed by atoms with Crippen molar-refractivity contribution in [1.29, 1.82) is 0 Å². The highest BCUT2D eigenvalue weighted by Crippen LogP contribution is 2.10. The van der Waals surface area contributed by atoms with Crippen molar-refractivity contribution in [3.63, 3.8) is 0 Å². The lowest BCUT2D eigenvalue weighted by Gasteiger charge is -2.11. The quantitative estimate of drug-likeness (QED) is 0.711. The van der Waals surface area contributed by atoms with Crippen molar-refractivity contribution in [2.45, 2.75) is 11.3 Å².